The second-order valence-electron chi connectivity index (χ2n) is 7.09. The summed E-state index contributed by atoms with van der Waals surface area (Å²) in [7, 11) is 1.34. The number of methoxy groups -OCH3 is 1. The van der Waals surface area contributed by atoms with E-state index in [1.165, 1.54) is 7.11 Å². The van der Waals surface area contributed by atoms with Crippen molar-refractivity contribution < 1.29 is 19.1 Å². The largest absolute Gasteiger partial charge is 0.494 e. The zero-order chi connectivity index (χ0) is 19.0. The van der Waals surface area contributed by atoms with E-state index in [0.29, 0.717) is 13.0 Å². The maximum Gasteiger partial charge on any atom is 0.310 e. The summed E-state index contributed by atoms with van der Waals surface area (Å²) in [4.78, 5) is 24.2. The quantitative estimate of drug-likeness (QED) is 0.699. The van der Waals surface area contributed by atoms with Crippen molar-refractivity contribution in [2.45, 2.75) is 40.2 Å². The van der Waals surface area contributed by atoms with Crippen molar-refractivity contribution in [3.8, 4) is 5.75 Å². The van der Waals surface area contributed by atoms with E-state index in [1.54, 1.807) is 0 Å². The molecule has 1 aromatic carbocycles. The fourth-order valence-electron chi connectivity index (χ4n) is 2.31. The van der Waals surface area contributed by atoms with Crippen LogP contribution in [0.25, 0.3) is 0 Å². The first kappa shape index (κ1) is 21.0. The minimum absolute atomic E-state index is 0.183. The normalized spacial score (nSPS) is 13.7. The Morgan fingerprint density at radius 3 is 2.28 bits per heavy atom. The molecule has 0 heterocycles. The molecule has 6 heteroatoms. The number of benzene rings is 1. The predicted octanol–water partition coefficient (Wildman–Crippen LogP) is 1.91. The van der Waals surface area contributed by atoms with Gasteiger partial charge in [0.25, 0.3) is 0 Å². The second kappa shape index (κ2) is 9.42. The lowest BCUT2D eigenvalue weighted by molar-refractivity contribution is -0.145. The average Bonchev–Trinajstić information content (AvgIpc) is 2.57. The SMILES string of the molecule is CCOc1ccc(CC(CNC(=O)[C@@H](N)C(C)(C)C)C(=O)OC)cc1. The molecule has 0 saturated heterocycles. The van der Waals surface area contributed by atoms with Crippen molar-refractivity contribution in [2.75, 3.05) is 20.3 Å². The summed E-state index contributed by atoms with van der Waals surface area (Å²) < 4.78 is 10.3. The summed E-state index contributed by atoms with van der Waals surface area (Å²) in [6.07, 6.45) is 0.462. The molecule has 1 amide bonds. The highest BCUT2D eigenvalue weighted by Gasteiger charge is 2.29. The third kappa shape index (κ3) is 6.74. The summed E-state index contributed by atoms with van der Waals surface area (Å²) in [6, 6.07) is 6.90. The third-order valence-electron chi connectivity index (χ3n) is 3.99. The van der Waals surface area contributed by atoms with Crippen LogP contribution in [0.5, 0.6) is 5.75 Å². The Kier molecular flexibility index (Phi) is 7.90. The highest BCUT2D eigenvalue weighted by molar-refractivity contribution is 5.83. The number of amides is 1. The van der Waals surface area contributed by atoms with Gasteiger partial charge >= 0.3 is 5.97 Å². The Bertz CT molecular complexity index is 564. The van der Waals surface area contributed by atoms with Gasteiger partial charge in [0.1, 0.15) is 5.75 Å². The van der Waals surface area contributed by atoms with Crippen molar-refractivity contribution in [3.63, 3.8) is 0 Å². The molecule has 0 fully saturated rings. The summed E-state index contributed by atoms with van der Waals surface area (Å²) in [5, 5.41) is 2.77. The van der Waals surface area contributed by atoms with E-state index in [2.05, 4.69) is 5.32 Å². The first-order valence-electron chi connectivity index (χ1n) is 8.51. The van der Waals surface area contributed by atoms with E-state index < -0.39 is 12.0 Å². The second-order valence-corrected chi connectivity index (χ2v) is 7.09. The molecule has 6 nitrogen and oxygen atoms in total. The molecule has 0 aliphatic heterocycles. The van der Waals surface area contributed by atoms with Gasteiger partial charge in [-0.3, -0.25) is 9.59 Å². The molecule has 1 aromatic rings. The van der Waals surface area contributed by atoms with Gasteiger partial charge in [0.05, 0.1) is 25.7 Å². The molecule has 25 heavy (non-hydrogen) atoms. The van der Waals surface area contributed by atoms with Gasteiger partial charge in [0, 0.05) is 6.54 Å². The van der Waals surface area contributed by atoms with Crippen LogP contribution in [0.1, 0.15) is 33.3 Å². The number of nitrogens with one attached hydrogen (secondary N) is 1. The maximum atomic E-state index is 12.2. The summed E-state index contributed by atoms with van der Waals surface area (Å²) >= 11 is 0. The van der Waals surface area contributed by atoms with Crippen LogP contribution in [0.3, 0.4) is 0 Å². The van der Waals surface area contributed by atoms with Crippen LogP contribution >= 0.6 is 0 Å². The monoisotopic (exact) mass is 350 g/mol. The van der Waals surface area contributed by atoms with Gasteiger partial charge in [0.2, 0.25) is 5.91 Å². The van der Waals surface area contributed by atoms with E-state index in [4.69, 9.17) is 15.2 Å². The van der Waals surface area contributed by atoms with Gasteiger partial charge < -0.3 is 20.5 Å². The van der Waals surface area contributed by atoms with Gasteiger partial charge in [-0.15, -0.1) is 0 Å². The molecular weight excluding hydrogens is 320 g/mol. The smallest absolute Gasteiger partial charge is 0.310 e. The van der Waals surface area contributed by atoms with Crippen LogP contribution in [0.4, 0.5) is 0 Å². The van der Waals surface area contributed by atoms with Crippen molar-refractivity contribution in [3.05, 3.63) is 29.8 Å². The molecule has 0 aromatic heterocycles. The minimum Gasteiger partial charge on any atom is -0.494 e. The third-order valence-corrected chi connectivity index (χ3v) is 3.99. The summed E-state index contributed by atoms with van der Waals surface area (Å²) in [5.41, 5.74) is 6.56. The zero-order valence-corrected chi connectivity index (χ0v) is 15.8. The molecule has 140 valence electrons. The number of ether oxygens (including phenoxy) is 2. The number of nitrogens with two attached hydrogens (primary N) is 1. The first-order chi connectivity index (χ1) is 11.7. The number of esters is 1. The molecule has 1 unspecified atom stereocenters. The van der Waals surface area contributed by atoms with Crippen LogP contribution in [0.2, 0.25) is 0 Å². The number of rotatable bonds is 8. The standard InChI is InChI=1S/C19H30N2O4/c1-6-25-15-9-7-13(8-10-15)11-14(18(23)24-5)12-21-17(22)16(20)19(2,3)4/h7-10,14,16H,6,11-12,20H2,1-5H3,(H,21,22)/t14?,16-/m1/s1. The molecule has 0 saturated carbocycles. The van der Waals surface area contributed by atoms with E-state index >= 15 is 0 Å². The van der Waals surface area contributed by atoms with E-state index in [-0.39, 0.29) is 23.8 Å². The first-order valence-corrected chi connectivity index (χ1v) is 8.51. The molecule has 0 aliphatic rings. The lowest BCUT2D eigenvalue weighted by Crippen LogP contribution is -2.50. The van der Waals surface area contributed by atoms with Crippen LogP contribution in [0.15, 0.2) is 24.3 Å². The van der Waals surface area contributed by atoms with Gasteiger partial charge in [-0.1, -0.05) is 32.9 Å². The highest BCUT2D eigenvalue weighted by Crippen LogP contribution is 2.18. The predicted molar refractivity (Wildman–Crippen MR) is 97.3 cm³/mol. The van der Waals surface area contributed by atoms with E-state index in [1.807, 2.05) is 52.0 Å². The van der Waals surface area contributed by atoms with Crippen LogP contribution in [-0.4, -0.2) is 38.2 Å². The number of hydrogen-bond donors (Lipinski definition) is 2. The highest BCUT2D eigenvalue weighted by atomic mass is 16.5. The summed E-state index contributed by atoms with van der Waals surface area (Å²) in [6.45, 7) is 8.40. The molecule has 3 N–H and O–H groups in total. The fraction of sp³-hybridized carbons (Fsp3) is 0.579. The van der Waals surface area contributed by atoms with Gasteiger partial charge in [0.15, 0.2) is 0 Å². The summed E-state index contributed by atoms with van der Waals surface area (Å²) in [5.74, 6) is -0.323. The van der Waals surface area contributed by atoms with Crippen LogP contribution in [0, 0.1) is 11.3 Å². The molecule has 0 radical (unpaired) electrons. The Morgan fingerprint density at radius 2 is 1.80 bits per heavy atom. The Labute approximate surface area is 150 Å². The van der Waals surface area contributed by atoms with E-state index in [9.17, 15) is 9.59 Å². The van der Waals surface area contributed by atoms with Gasteiger partial charge in [-0.25, -0.2) is 0 Å². The van der Waals surface area contributed by atoms with Crippen molar-refractivity contribution in [1.29, 1.82) is 0 Å². The lowest BCUT2D eigenvalue weighted by atomic mass is 9.87. The van der Waals surface area contributed by atoms with Crippen molar-refractivity contribution in [2.24, 2.45) is 17.1 Å². The molecule has 0 aliphatic carbocycles. The van der Waals surface area contributed by atoms with Gasteiger partial charge in [-0.2, -0.15) is 0 Å². The van der Waals surface area contributed by atoms with Crippen molar-refractivity contribution in [1.82, 2.24) is 5.32 Å². The fourth-order valence-corrected chi connectivity index (χ4v) is 2.31. The topological polar surface area (TPSA) is 90.6 Å². The molecule has 0 bridgehead atoms. The van der Waals surface area contributed by atoms with Crippen molar-refractivity contribution >= 4 is 11.9 Å². The number of hydrogen-bond acceptors (Lipinski definition) is 5. The number of carbonyl (C=O) groups excluding carboxylic acids is 2. The van der Waals surface area contributed by atoms with Crippen LogP contribution in [-0.2, 0) is 20.7 Å². The number of carbonyl (C=O) groups is 2. The van der Waals surface area contributed by atoms with E-state index in [0.717, 1.165) is 11.3 Å². The average molecular weight is 350 g/mol. The Balaban J connectivity index is 2.71. The molecule has 1 rings (SSSR count). The van der Waals surface area contributed by atoms with Crippen LogP contribution < -0.4 is 15.8 Å². The molecular formula is C19H30N2O4. The lowest BCUT2D eigenvalue weighted by Gasteiger charge is -2.26. The molecule has 2 atom stereocenters. The maximum absolute atomic E-state index is 12.2. The zero-order valence-electron chi connectivity index (χ0n) is 15.8. The Morgan fingerprint density at radius 1 is 1.20 bits per heavy atom. The van der Waals surface area contributed by atoms with Gasteiger partial charge in [-0.05, 0) is 36.5 Å². The minimum atomic E-state index is -0.642. The Hall–Kier alpha value is -2.08. The molecule has 0 spiro atoms.